The van der Waals surface area contributed by atoms with Gasteiger partial charge in [0.2, 0.25) is 0 Å². The molecule has 3 N–H and O–H groups in total. The predicted molar refractivity (Wildman–Crippen MR) is 292 cm³/mol. The highest BCUT2D eigenvalue weighted by Crippen LogP contribution is 2.41. The molecule has 75 heavy (non-hydrogen) atoms. The number of hydrogen-bond donors (Lipinski definition) is 2. The number of benzene rings is 2. The van der Waals surface area contributed by atoms with Crippen LogP contribution in [-0.4, -0.2) is 129 Å². The molecule has 4 aromatic heterocycles. The summed E-state index contributed by atoms with van der Waals surface area (Å²) in [6.45, 7) is 13.9. The first kappa shape index (κ1) is 53.4. The molecule has 0 unspecified atom stereocenters. The quantitative estimate of drug-likeness (QED) is 0.158. The number of ether oxygens (including phenoxy) is 2. The van der Waals surface area contributed by atoms with Crippen LogP contribution >= 0.6 is 11.6 Å². The van der Waals surface area contributed by atoms with E-state index in [-0.39, 0.29) is 30.0 Å². The maximum Gasteiger partial charge on any atom is 0.410 e. The molecule has 20 nitrogen and oxygen atoms in total. The Bertz CT molecular complexity index is 3040. The van der Waals surface area contributed by atoms with E-state index < -0.39 is 11.2 Å². The lowest BCUT2D eigenvalue weighted by molar-refractivity contribution is 0.0174. The standard InChI is InChI=1S/C27H33N7O3.C14H12ClN3O.C13H22N4O2/c1-27(2,3)37-26(36)33-13-10-18(11-14-33)34-15-12-23(30-34)29-24-16-21-22(17-28-24)32(5)25(35)19-8-6-7-9-20(19)31(21)4;1-17-10-6-4-3-5-9(10)14(19)18(2)12-8-16-13(15)7-11(12)17;1-13(2,3)19-12(18)16-7-4-10(5-8-16)17-9-6-11(14)15-17/h6-9,12,15-18H,10-11,13-14H2,1-5H3,(H,28,29,30);3-8H,1-2H3;6,9-10H,4-5,7-8H2,1-3H3,(H2,14,15). The van der Waals surface area contributed by atoms with Crippen LogP contribution in [0, 0.1) is 0 Å². The van der Waals surface area contributed by atoms with Gasteiger partial charge in [0.15, 0.2) is 5.82 Å². The van der Waals surface area contributed by atoms with Gasteiger partial charge in [-0.25, -0.2) is 19.6 Å². The fourth-order valence-electron chi connectivity index (χ4n) is 9.28. The number of nitrogens with two attached hydrogens (primary N) is 1. The molecule has 0 saturated carbocycles. The summed E-state index contributed by atoms with van der Waals surface area (Å²) in [7, 11) is 7.38. The third-order valence-corrected chi connectivity index (χ3v) is 13.4. The highest BCUT2D eigenvalue weighted by Gasteiger charge is 2.32. The second kappa shape index (κ2) is 21.9. The van der Waals surface area contributed by atoms with Gasteiger partial charge in [-0.15, -0.1) is 0 Å². The van der Waals surface area contributed by atoms with E-state index in [1.807, 2.05) is 148 Å². The fraction of sp³-hybridized carbons (Fsp3) is 0.407. The maximum atomic E-state index is 13.0. The summed E-state index contributed by atoms with van der Waals surface area (Å²) in [5, 5.41) is 12.7. The molecule has 0 bridgehead atoms. The number of aromatic nitrogens is 6. The number of halogens is 1. The van der Waals surface area contributed by atoms with Crippen molar-refractivity contribution in [1.29, 1.82) is 0 Å². The average Bonchev–Trinajstić information content (AvgIpc) is 4.03. The minimum atomic E-state index is -0.497. The number of piperidine rings is 2. The van der Waals surface area contributed by atoms with Gasteiger partial charge in [-0.3, -0.25) is 19.0 Å². The second-order valence-corrected chi connectivity index (χ2v) is 21.2. The van der Waals surface area contributed by atoms with Crippen molar-refractivity contribution < 1.29 is 28.7 Å². The summed E-state index contributed by atoms with van der Waals surface area (Å²) in [5.74, 6) is 1.74. The molecule has 2 fully saturated rings. The lowest BCUT2D eigenvalue weighted by Gasteiger charge is -2.33. The zero-order valence-corrected chi connectivity index (χ0v) is 45.1. The molecule has 21 heteroatoms. The number of carbonyl (C=O) groups excluding carboxylic acids is 4. The van der Waals surface area contributed by atoms with Crippen LogP contribution in [0.3, 0.4) is 0 Å². The van der Waals surface area contributed by atoms with E-state index in [0.717, 1.165) is 59.8 Å². The smallest absolute Gasteiger partial charge is 0.410 e. The number of nitrogens with zero attached hydrogens (tertiary/aromatic N) is 12. The Hall–Kier alpha value is -7.87. The van der Waals surface area contributed by atoms with E-state index in [1.165, 1.54) is 0 Å². The lowest BCUT2D eigenvalue weighted by Crippen LogP contribution is -2.42. The van der Waals surface area contributed by atoms with Crippen LogP contribution in [0.1, 0.15) is 100 Å². The highest BCUT2D eigenvalue weighted by atomic mass is 35.5. The molecule has 396 valence electrons. The number of amides is 4. The predicted octanol–water partition coefficient (Wildman–Crippen LogP) is 10.1. The SMILES string of the molecule is CC(C)(C)OC(=O)N1CCC(n2ccc(N)n2)CC1.CN1C(=O)c2ccccc2N(C)c2cc(Cl)ncc21.CN1C(=O)c2ccccc2N(C)c2cc(Nc3ccn(C4CCN(C(=O)OC(C)(C)C)CC4)n3)ncc21. The summed E-state index contributed by atoms with van der Waals surface area (Å²) >= 11 is 5.97. The van der Waals surface area contributed by atoms with Crippen LogP contribution in [0.4, 0.5) is 61.2 Å². The number of nitrogens with one attached hydrogen (secondary N) is 1. The Morgan fingerprint density at radius 1 is 0.573 bits per heavy atom. The monoisotopic (exact) mass is 1040 g/mol. The van der Waals surface area contributed by atoms with Crippen molar-refractivity contribution in [2.24, 2.45) is 0 Å². The van der Waals surface area contributed by atoms with E-state index in [4.69, 9.17) is 31.9 Å². The van der Waals surface area contributed by atoms with Crippen molar-refractivity contribution in [1.82, 2.24) is 39.3 Å². The topological polar surface area (TPSA) is 206 Å². The molecule has 8 heterocycles. The van der Waals surface area contributed by atoms with Crippen molar-refractivity contribution in [3.63, 3.8) is 0 Å². The summed E-state index contributed by atoms with van der Waals surface area (Å²) < 4.78 is 14.7. The van der Waals surface area contributed by atoms with Crippen molar-refractivity contribution in [2.45, 2.75) is 90.5 Å². The largest absolute Gasteiger partial charge is 0.444 e. The maximum absolute atomic E-state index is 13.0. The molecule has 6 aromatic rings. The van der Waals surface area contributed by atoms with Gasteiger partial charge in [-0.2, -0.15) is 10.2 Å². The minimum absolute atomic E-state index is 0.0506. The molecule has 2 aromatic carbocycles. The van der Waals surface area contributed by atoms with Crippen LogP contribution in [0.2, 0.25) is 5.15 Å². The third kappa shape index (κ3) is 12.4. The first-order valence-electron chi connectivity index (χ1n) is 25.0. The van der Waals surface area contributed by atoms with Gasteiger partial charge in [0.25, 0.3) is 11.8 Å². The number of pyridine rings is 2. The Labute approximate surface area is 442 Å². The Morgan fingerprint density at radius 2 is 1.01 bits per heavy atom. The number of carbonyl (C=O) groups is 4. The van der Waals surface area contributed by atoms with Crippen molar-refractivity contribution in [3.05, 3.63) is 114 Å². The Balaban J connectivity index is 0.000000165. The van der Waals surface area contributed by atoms with Crippen molar-refractivity contribution >= 4 is 87.2 Å². The van der Waals surface area contributed by atoms with E-state index >= 15 is 0 Å². The molecule has 4 aliphatic rings. The average molecular weight is 1040 g/mol. The lowest BCUT2D eigenvalue weighted by atomic mass is 10.1. The number of para-hydroxylation sites is 2. The van der Waals surface area contributed by atoms with E-state index in [0.29, 0.717) is 66.0 Å². The van der Waals surface area contributed by atoms with Gasteiger partial charge >= 0.3 is 12.2 Å². The van der Waals surface area contributed by atoms with Crippen molar-refractivity contribution in [2.75, 3.05) is 85.0 Å². The first-order valence-corrected chi connectivity index (χ1v) is 25.4. The van der Waals surface area contributed by atoms with Crippen LogP contribution < -0.4 is 30.7 Å². The molecule has 4 aliphatic heterocycles. The number of anilines is 9. The number of hydrogen-bond acceptors (Lipinski definition) is 14. The van der Waals surface area contributed by atoms with Crippen LogP contribution in [0.25, 0.3) is 0 Å². The number of nitrogen functional groups attached to an aromatic ring is 1. The summed E-state index contributed by atoms with van der Waals surface area (Å²) in [6.07, 6.45) is 10.1. The highest BCUT2D eigenvalue weighted by molar-refractivity contribution is 6.30. The van der Waals surface area contributed by atoms with Crippen LogP contribution in [0.15, 0.2) is 97.6 Å². The molecule has 0 atom stereocenters. The number of likely N-dealkylation sites (tertiary alicyclic amines) is 2. The van der Waals surface area contributed by atoms with Gasteiger partial charge in [-0.05, 0) is 97.6 Å². The molecule has 10 rings (SSSR count). The van der Waals surface area contributed by atoms with Gasteiger partial charge in [0.1, 0.15) is 28.0 Å². The molecular formula is C54H67ClN14O6. The Kier molecular flexibility index (Phi) is 15.6. The van der Waals surface area contributed by atoms with E-state index in [2.05, 4.69) is 20.4 Å². The van der Waals surface area contributed by atoms with Gasteiger partial charge in [0, 0.05) is 85.0 Å². The molecule has 2 saturated heterocycles. The second-order valence-electron chi connectivity index (χ2n) is 20.9. The minimum Gasteiger partial charge on any atom is -0.444 e. The zero-order valence-electron chi connectivity index (χ0n) is 44.3. The molecule has 0 radical (unpaired) electrons. The number of fused-ring (bicyclic) bond motifs is 4. The van der Waals surface area contributed by atoms with Crippen molar-refractivity contribution in [3.8, 4) is 0 Å². The number of rotatable bonds is 4. The molecule has 0 aliphatic carbocycles. The van der Waals surface area contributed by atoms with Gasteiger partial charge in [0.05, 0.1) is 69.7 Å². The molecule has 4 amide bonds. The summed E-state index contributed by atoms with van der Waals surface area (Å²) in [6, 6.07) is 23.0. The van der Waals surface area contributed by atoms with Crippen LogP contribution in [-0.2, 0) is 9.47 Å². The third-order valence-electron chi connectivity index (χ3n) is 13.2. The van der Waals surface area contributed by atoms with Gasteiger partial charge < -0.3 is 49.9 Å². The zero-order chi connectivity index (χ0) is 53.9. The van der Waals surface area contributed by atoms with Crippen LogP contribution in [0.5, 0.6) is 0 Å². The first-order chi connectivity index (χ1) is 35.5. The molecular weight excluding hydrogens is 976 g/mol. The summed E-state index contributed by atoms with van der Waals surface area (Å²) in [5.41, 5.74) is 10.9. The van der Waals surface area contributed by atoms with Gasteiger partial charge in [-0.1, -0.05) is 35.9 Å². The molecule has 0 spiro atoms. The summed E-state index contributed by atoms with van der Waals surface area (Å²) in [4.78, 5) is 69.1. The normalized spacial score (nSPS) is 16.0. The van der Waals surface area contributed by atoms with E-state index in [9.17, 15) is 19.2 Å². The fourth-order valence-corrected chi connectivity index (χ4v) is 9.43. The van der Waals surface area contributed by atoms with E-state index in [1.54, 1.807) is 58.2 Å². The Morgan fingerprint density at radius 3 is 1.48 bits per heavy atom.